The van der Waals surface area contributed by atoms with Crippen molar-refractivity contribution in [3.63, 3.8) is 0 Å². The van der Waals surface area contributed by atoms with E-state index < -0.39 is 18.1 Å². The Hall–Kier alpha value is -1.10. The highest BCUT2D eigenvalue weighted by Gasteiger charge is 2.45. The van der Waals surface area contributed by atoms with E-state index in [2.05, 4.69) is 10.3 Å². The fourth-order valence-corrected chi connectivity index (χ4v) is 2.61. The van der Waals surface area contributed by atoms with Gasteiger partial charge in [-0.25, -0.2) is 0 Å². The maximum atomic E-state index is 12.9. The first-order chi connectivity index (χ1) is 8.97. The fourth-order valence-electron chi connectivity index (χ4n) is 2.61. The molecule has 0 amide bonds. The quantitative estimate of drug-likeness (QED) is 0.909. The highest BCUT2D eigenvalue weighted by atomic mass is 19.4. The average Bonchev–Trinajstić information content (AvgIpc) is 2.37. The summed E-state index contributed by atoms with van der Waals surface area (Å²) >= 11 is 0. The van der Waals surface area contributed by atoms with Crippen LogP contribution in [0.25, 0.3) is 0 Å². The van der Waals surface area contributed by atoms with Gasteiger partial charge in [0.25, 0.3) is 0 Å². The zero-order valence-electron chi connectivity index (χ0n) is 11.0. The van der Waals surface area contributed by atoms with Crippen LogP contribution in [0.2, 0.25) is 0 Å². The Balaban J connectivity index is 1.94. The minimum atomic E-state index is -4.10. The van der Waals surface area contributed by atoms with Gasteiger partial charge in [0.15, 0.2) is 0 Å². The van der Waals surface area contributed by atoms with Gasteiger partial charge in [0.05, 0.1) is 11.6 Å². The summed E-state index contributed by atoms with van der Waals surface area (Å²) in [5.41, 5.74) is 1.84. The van der Waals surface area contributed by atoms with Crippen LogP contribution in [0, 0.1) is 12.8 Å². The van der Waals surface area contributed by atoms with E-state index in [1.807, 2.05) is 19.1 Å². The number of hydrogen-bond donors (Lipinski definition) is 1. The van der Waals surface area contributed by atoms with Gasteiger partial charge in [0.2, 0.25) is 0 Å². The summed E-state index contributed by atoms with van der Waals surface area (Å²) in [5, 5.41) is 3.03. The predicted molar refractivity (Wildman–Crippen MR) is 67.6 cm³/mol. The van der Waals surface area contributed by atoms with Crippen molar-refractivity contribution in [1.82, 2.24) is 10.3 Å². The van der Waals surface area contributed by atoms with Crippen LogP contribution >= 0.6 is 0 Å². The molecular formula is C14H19F3N2. The number of hydrogen-bond acceptors (Lipinski definition) is 2. The van der Waals surface area contributed by atoms with Crippen LogP contribution in [0.15, 0.2) is 18.3 Å². The topological polar surface area (TPSA) is 24.9 Å². The highest BCUT2D eigenvalue weighted by Crippen LogP contribution is 2.37. The third kappa shape index (κ3) is 3.93. The lowest BCUT2D eigenvalue weighted by atomic mass is 9.84. The molecule has 1 saturated carbocycles. The molecule has 1 heterocycles. The van der Waals surface area contributed by atoms with Crippen LogP contribution in [-0.2, 0) is 6.54 Å². The zero-order valence-corrected chi connectivity index (χ0v) is 11.0. The number of alkyl halides is 3. The Kier molecular flexibility index (Phi) is 4.45. The van der Waals surface area contributed by atoms with Gasteiger partial charge in [-0.3, -0.25) is 4.98 Å². The molecule has 0 aliphatic heterocycles. The summed E-state index contributed by atoms with van der Waals surface area (Å²) in [4.78, 5) is 4.21. The summed E-state index contributed by atoms with van der Waals surface area (Å²) in [5.74, 6) is -1.22. The van der Waals surface area contributed by atoms with Crippen LogP contribution in [0.1, 0.15) is 36.9 Å². The molecule has 0 aromatic carbocycles. The lowest BCUT2D eigenvalue weighted by Gasteiger charge is -2.33. The molecule has 1 aliphatic rings. The van der Waals surface area contributed by atoms with Gasteiger partial charge < -0.3 is 5.32 Å². The average molecular weight is 272 g/mol. The van der Waals surface area contributed by atoms with E-state index in [4.69, 9.17) is 0 Å². The van der Waals surface area contributed by atoms with E-state index in [9.17, 15) is 13.2 Å². The van der Waals surface area contributed by atoms with Gasteiger partial charge in [-0.15, -0.1) is 0 Å². The predicted octanol–water partition coefficient (Wildman–Crippen LogP) is 3.60. The van der Waals surface area contributed by atoms with Crippen LogP contribution in [0.4, 0.5) is 13.2 Å². The maximum Gasteiger partial charge on any atom is 0.393 e. The Morgan fingerprint density at radius 3 is 2.63 bits per heavy atom. The SMILES string of the molecule is Cc1ccc(CNC2CCCCC2C(F)(F)F)nc1. The molecule has 1 aromatic heterocycles. The molecule has 106 valence electrons. The van der Waals surface area contributed by atoms with Gasteiger partial charge in [-0.05, 0) is 31.4 Å². The monoisotopic (exact) mass is 272 g/mol. The van der Waals surface area contributed by atoms with Crippen molar-refractivity contribution in [3.05, 3.63) is 29.6 Å². The number of nitrogens with one attached hydrogen (secondary N) is 1. The van der Waals surface area contributed by atoms with Crippen molar-refractivity contribution in [3.8, 4) is 0 Å². The first-order valence-corrected chi connectivity index (χ1v) is 6.68. The van der Waals surface area contributed by atoms with E-state index in [1.54, 1.807) is 6.20 Å². The Labute approximate surface area is 111 Å². The second-order valence-corrected chi connectivity index (χ2v) is 5.25. The van der Waals surface area contributed by atoms with E-state index in [-0.39, 0.29) is 6.42 Å². The molecule has 2 unspecified atom stereocenters. The molecule has 1 N–H and O–H groups in total. The van der Waals surface area contributed by atoms with Gasteiger partial charge in [0, 0.05) is 18.8 Å². The first kappa shape index (κ1) is 14.3. The smallest absolute Gasteiger partial charge is 0.308 e. The summed E-state index contributed by atoms with van der Waals surface area (Å²) < 4.78 is 38.7. The van der Waals surface area contributed by atoms with Crippen LogP contribution < -0.4 is 5.32 Å². The fraction of sp³-hybridized carbons (Fsp3) is 0.643. The van der Waals surface area contributed by atoms with Gasteiger partial charge in [0.1, 0.15) is 0 Å². The molecular weight excluding hydrogens is 253 g/mol. The molecule has 2 nitrogen and oxygen atoms in total. The second kappa shape index (κ2) is 5.90. The van der Waals surface area contributed by atoms with Gasteiger partial charge >= 0.3 is 6.18 Å². The van der Waals surface area contributed by atoms with E-state index in [0.717, 1.165) is 17.7 Å². The van der Waals surface area contributed by atoms with E-state index in [0.29, 0.717) is 19.4 Å². The largest absolute Gasteiger partial charge is 0.393 e. The Morgan fingerprint density at radius 1 is 1.26 bits per heavy atom. The van der Waals surface area contributed by atoms with Crippen molar-refractivity contribution in [1.29, 1.82) is 0 Å². The third-order valence-electron chi connectivity index (χ3n) is 3.70. The van der Waals surface area contributed by atoms with Crippen molar-refractivity contribution < 1.29 is 13.2 Å². The molecule has 1 fully saturated rings. The number of aromatic nitrogens is 1. The molecule has 5 heteroatoms. The molecule has 19 heavy (non-hydrogen) atoms. The minimum absolute atomic E-state index is 0.239. The normalized spacial score (nSPS) is 24.4. The molecule has 0 bridgehead atoms. The maximum absolute atomic E-state index is 12.9. The standard InChI is InChI=1S/C14H19F3N2/c1-10-6-7-11(18-8-10)9-19-13-5-3-2-4-12(13)14(15,16)17/h6-8,12-13,19H,2-5,9H2,1H3. The van der Waals surface area contributed by atoms with E-state index in [1.165, 1.54) is 0 Å². The van der Waals surface area contributed by atoms with Crippen molar-refractivity contribution in [2.45, 2.75) is 51.4 Å². The van der Waals surface area contributed by atoms with Crippen LogP contribution in [0.3, 0.4) is 0 Å². The summed E-state index contributed by atoms with van der Waals surface area (Å²) in [6.07, 6.45) is 0.00710. The molecule has 2 rings (SSSR count). The summed E-state index contributed by atoms with van der Waals surface area (Å²) in [7, 11) is 0. The third-order valence-corrected chi connectivity index (χ3v) is 3.70. The minimum Gasteiger partial charge on any atom is -0.308 e. The van der Waals surface area contributed by atoms with Crippen LogP contribution in [-0.4, -0.2) is 17.2 Å². The molecule has 0 spiro atoms. The van der Waals surface area contributed by atoms with Gasteiger partial charge in [-0.1, -0.05) is 18.9 Å². The molecule has 1 aliphatic carbocycles. The number of rotatable bonds is 3. The van der Waals surface area contributed by atoms with Crippen molar-refractivity contribution in [2.75, 3.05) is 0 Å². The first-order valence-electron chi connectivity index (χ1n) is 6.68. The second-order valence-electron chi connectivity index (χ2n) is 5.25. The summed E-state index contributed by atoms with van der Waals surface area (Å²) in [6.45, 7) is 2.34. The zero-order chi connectivity index (χ0) is 13.9. The number of nitrogens with zero attached hydrogens (tertiary/aromatic N) is 1. The number of aryl methyl sites for hydroxylation is 1. The number of halogens is 3. The molecule has 0 saturated heterocycles. The number of pyridine rings is 1. The Morgan fingerprint density at radius 2 is 2.00 bits per heavy atom. The molecule has 2 atom stereocenters. The lowest BCUT2D eigenvalue weighted by Crippen LogP contribution is -2.45. The lowest BCUT2D eigenvalue weighted by molar-refractivity contribution is -0.189. The van der Waals surface area contributed by atoms with E-state index >= 15 is 0 Å². The van der Waals surface area contributed by atoms with Crippen molar-refractivity contribution in [2.24, 2.45) is 5.92 Å². The van der Waals surface area contributed by atoms with Gasteiger partial charge in [-0.2, -0.15) is 13.2 Å². The summed E-state index contributed by atoms with van der Waals surface area (Å²) in [6, 6.07) is 3.30. The molecule has 1 aromatic rings. The van der Waals surface area contributed by atoms with Crippen LogP contribution in [0.5, 0.6) is 0 Å². The van der Waals surface area contributed by atoms with Crippen molar-refractivity contribution >= 4 is 0 Å². The highest BCUT2D eigenvalue weighted by molar-refractivity contribution is 5.12. The molecule has 0 radical (unpaired) electrons. The Bertz CT molecular complexity index is 400.